The molecular formula is C26H28N8O6S. The summed E-state index contributed by atoms with van der Waals surface area (Å²) in [6.45, 7) is 0. The Kier molecular flexibility index (Phi) is 9.08. The summed E-state index contributed by atoms with van der Waals surface area (Å²) in [5.41, 5.74) is 14.8. The lowest BCUT2D eigenvalue weighted by atomic mass is 10.0. The molecule has 1 aromatic carbocycles. The van der Waals surface area contributed by atoms with Gasteiger partial charge in [0, 0.05) is 23.6 Å². The van der Waals surface area contributed by atoms with Gasteiger partial charge in [0.25, 0.3) is 5.91 Å². The second-order valence-corrected chi connectivity index (χ2v) is 10.1. The summed E-state index contributed by atoms with van der Waals surface area (Å²) in [5.74, 6) is -2.96. The van der Waals surface area contributed by atoms with Gasteiger partial charge in [0.2, 0.25) is 11.9 Å². The van der Waals surface area contributed by atoms with Crippen molar-refractivity contribution in [2.75, 3.05) is 16.8 Å². The summed E-state index contributed by atoms with van der Waals surface area (Å²) in [7, 11) is 0. The smallest absolute Gasteiger partial charge is 0.326 e. The van der Waals surface area contributed by atoms with Crippen molar-refractivity contribution in [3.8, 4) is 0 Å². The number of thiazole rings is 1. The van der Waals surface area contributed by atoms with Crippen LogP contribution in [0, 0.1) is 0 Å². The number of carboxylic acid groups (broad SMARTS) is 2. The van der Waals surface area contributed by atoms with Crippen molar-refractivity contribution in [2.24, 2.45) is 0 Å². The van der Waals surface area contributed by atoms with Gasteiger partial charge >= 0.3 is 11.9 Å². The first-order valence-corrected chi connectivity index (χ1v) is 13.4. The number of amides is 2. The Morgan fingerprint density at radius 2 is 1.78 bits per heavy atom. The summed E-state index contributed by atoms with van der Waals surface area (Å²) in [6, 6.07) is 5.56. The average molecular weight is 581 g/mol. The highest BCUT2D eigenvalue weighted by molar-refractivity contribution is 7.13. The topological polar surface area (TPSA) is 239 Å². The number of benzene rings is 1. The van der Waals surface area contributed by atoms with Crippen LogP contribution in [-0.2, 0) is 33.6 Å². The monoisotopic (exact) mass is 580 g/mol. The van der Waals surface area contributed by atoms with Crippen molar-refractivity contribution in [3.05, 3.63) is 58.2 Å². The van der Waals surface area contributed by atoms with Crippen LogP contribution in [0.15, 0.2) is 35.8 Å². The van der Waals surface area contributed by atoms with E-state index in [-0.39, 0.29) is 35.9 Å². The molecule has 0 aliphatic rings. The molecule has 214 valence electrons. The van der Waals surface area contributed by atoms with Gasteiger partial charge < -0.3 is 37.3 Å². The minimum atomic E-state index is -1.28. The number of hydrogen-bond donors (Lipinski definition) is 7. The van der Waals surface area contributed by atoms with E-state index < -0.39 is 29.8 Å². The minimum absolute atomic E-state index is 0.105. The van der Waals surface area contributed by atoms with E-state index in [1.54, 1.807) is 24.3 Å². The predicted octanol–water partition coefficient (Wildman–Crippen LogP) is 1.98. The first-order valence-electron chi connectivity index (χ1n) is 12.6. The van der Waals surface area contributed by atoms with Crippen molar-refractivity contribution < 1.29 is 29.4 Å². The number of anilines is 3. The number of carboxylic acids is 2. The third-order valence-corrected chi connectivity index (χ3v) is 6.99. The molecule has 3 aromatic heterocycles. The van der Waals surface area contributed by atoms with Crippen molar-refractivity contribution in [3.63, 3.8) is 0 Å². The fraction of sp³-hybridized carbons (Fsp3) is 0.269. The average Bonchev–Trinajstić information content (AvgIpc) is 3.52. The Balaban J connectivity index is 1.25. The van der Waals surface area contributed by atoms with Gasteiger partial charge in [-0.15, -0.1) is 11.3 Å². The summed E-state index contributed by atoms with van der Waals surface area (Å²) >= 11 is 1.07. The highest BCUT2D eigenvalue weighted by atomic mass is 32.1. The Morgan fingerprint density at radius 1 is 1.02 bits per heavy atom. The molecular weight excluding hydrogens is 552 g/mol. The number of aliphatic carboxylic acids is 2. The number of nitrogen functional groups attached to an aromatic ring is 2. The molecule has 0 spiro atoms. The van der Waals surface area contributed by atoms with Gasteiger partial charge in [-0.1, -0.05) is 12.1 Å². The first-order chi connectivity index (χ1) is 19.6. The van der Waals surface area contributed by atoms with Gasteiger partial charge in [-0.05, 0) is 48.9 Å². The van der Waals surface area contributed by atoms with E-state index in [0.717, 1.165) is 47.1 Å². The maximum absolute atomic E-state index is 12.7. The van der Waals surface area contributed by atoms with Gasteiger partial charge in [-0.25, -0.2) is 9.78 Å². The highest BCUT2D eigenvalue weighted by Gasteiger charge is 2.22. The summed E-state index contributed by atoms with van der Waals surface area (Å²) in [6.07, 6.45) is 3.48. The van der Waals surface area contributed by atoms with Crippen LogP contribution < -0.4 is 22.1 Å². The van der Waals surface area contributed by atoms with Crippen molar-refractivity contribution in [1.82, 2.24) is 25.3 Å². The van der Waals surface area contributed by atoms with E-state index in [9.17, 15) is 24.3 Å². The van der Waals surface area contributed by atoms with Crippen molar-refractivity contribution >= 4 is 63.0 Å². The lowest BCUT2D eigenvalue weighted by Crippen LogP contribution is -2.41. The molecule has 2 amide bonds. The molecule has 0 aliphatic carbocycles. The number of H-pyrrole nitrogens is 1. The third kappa shape index (κ3) is 7.76. The maximum atomic E-state index is 12.7. The first kappa shape index (κ1) is 28.9. The van der Waals surface area contributed by atoms with E-state index in [4.69, 9.17) is 16.6 Å². The van der Waals surface area contributed by atoms with Crippen LogP contribution in [0.1, 0.15) is 46.4 Å². The molecule has 1 atom stereocenters. The second kappa shape index (κ2) is 12.9. The van der Waals surface area contributed by atoms with Crippen LogP contribution in [0.4, 0.5) is 16.9 Å². The van der Waals surface area contributed by atoms with E-state index in [1.807, 2.05) is 6.20 Å². The van der Waals surface area contributed by atoms with Gasteiger partial charge in [0.05, 0.1) is 17.5 Å². The zero-order chi connectivity index (χ0) is 29.5. The quantitative estimate of drug-likeness (QED) is 0.121. The molecule has 0 bridgehead atoms. The van der Waals surface area contributed by atoms with E-state index >= 15 is 0 Å². The number of nitrogens with two attached hydrogens (primary N) is 2. The number of fused-ring (bicyclic) bond motifs is 1. The fourth-order valence-corrected chi connectivity index (χ4v) is 4.93. The minimum Gasteiger partial charge on any atom is -0.481 e. The van der Waals surface area contributed by atoms with Gasteiger partial charge in [-0.3, -0.25) is 14.4 Å². The Labute approximate surface area is 237 Å². The molecule has 4 aromatic rings. The SMILES string of the molecule is Nc1nc(N)c2c(CCCc3ccc(C(=O)N[C@@H](CCC(=O)Nc4nc(CC(=O)O)cs4)C(=O)O)cc3)c[nH]c2n1. The van der Waals surface area contributed by atoms with E-state index in [2.05, 4.69) is 30.6 Å². The molecule has 9 N–H and O–H groups in total. The number of carbonyl (C=O) groups is 4. The Hall–Kier alpha value is -5.05. The molecule has 0 saturated heterocycles. The molecule has 0 saturated carbocycles. The third-order valence-electron chi connectivity index (χ3n) is 6.18. The molecule has 0 fully saturated rings. The standard InChI is InChI=1S/C26H28N8O6S/c27-21-20-15(11-29-22(20)34-25(28)33-21)3-1-2-13-4-6-14(7-5-13)23(38)31-17(24(39)40)8-9-18(35)32-26-30-16(12-41-26)10-19(36)37/h4-7,11-12,17H,1-3,8-10H2,(H,31,38)(H,36,37)(H,39,40)(H,30,32,35)(H5,27,28,29,33,34)/t17-/m0/s1. The zero-order valence-electron chi connectivity index (χ0n) is 21.7. The number of aryl methyl sites for hydroxylation is 2. The molecule has 41 heavy (non-hydrogen) atoms. The Morgan fingerprint density at radius 3 is 2.49 bits per heavy atom. The van der Waals surface area contributed by atoms with Crippen LogP contribution in [0.25, 0.3) is 11.0 Å². The van der Waals surface area contributed by atoms with Crippen LogP contribution in [0.3, 0.4) is 0 Å². The lowest BCUT2D eigenvalue weighted by molar-refractivity contribution is -0.139. The highest BCUT2D eigenvalue weighted by Crippen LogP contribution is 2.24. The maximum Gasteiger partial charge on any atom is 0.326 e. The van der Waals surface area contributed by atoms with Crippen molar-refractivity contribution in [2.45, 2.75) is 44.6 Å². The summed E-state index contributed by atoms with van der Waals surface area (Å²) < 4.78 is 0. The molecule has 0 unspecified atom stereocenters. The molecule has 15 heteroatoms. The van der Waals surface area contributed by atoms with Crippen molar-refractivity contribution in [1.29, 1.82) is 0 Å². The predicted molar refractivity (Wildman–Crippen MR) is 151 cm³/mol. The number of aromatic nitrogens is 4. The molecule has 0 radical (unpaired) electrons. The Bertz CT molecular complexity index is 1580. The number of hydrogen-bond acceptors (Lipinski definition) is 10. The number of nitrogens with one attached hydrogen (secondary N) is 3. The van der Waals surface area contributed by atoms with Gasteiger partial charge in [0.1, 0.15) is 17.5 Å². The van der Waals surface area contributed by atoms with E-state index in [1.165, 1.54) is 5.38 Å². The van der Waals surface area contributed by atoms with E-state index in [0.29, 0.717) is 17.2 Å². The van der Waals surface area contributed by atoms with Crippen LogP contribution in [0.2, 0.25) is 0 Å². The van der Waals surface area contributed by atoms with Gasteiger partial charge in [-0.2, -0.15) is 9.97 Å². The van der Waals surface area contributed by atoms with Crippen LogP contribution in [-0.4, -0.2) is 59.9 Å². The van der Waals surface area contributed by atoms with Crippen LogP contribution in [0.5, 0.6) is 0 Å². The molecule has 4 rings (SSSR count). The largest absolute Gasteiger partial charge is 0.481 e. The molecule has 0 aliphatic heterocycles. The summed E-state index contributed by atoms with van der Waals surface area (Å²) in [5, 5.41) is 25.8. The van der Waals surface area contributed by atoms with Gasteiger partial charge in [0.15, 0.2) is 5.13 Å². The number of carbonyl (C=O) groups excluding carboxylic acids is 2. The second-order valence-electron chi connectivity index (χ2n) is 9.22. The fourth-order valence-electron chi connectivity index (χ4n) is 4.20. The summed E-state index contributed by atoms with van der Waals surface area (Å²) in [4.78, 5) is 62.6. The number of rotatable bonds is 13. The van der Waals surface area contributed by atoms with Crippen LogP contribution >= 0.6 is 11.3 Å². The zero-order valence-corrected chi connectivity index (χ0v) is 22.5. The number of nitrogens with zero attached hydrogens (tertiary/aromatic N) is 3. The lowest BCUT2D eigenvalue weighted by Gasteiger charge is -2.14. The number of aromatic amines is 1. The molecule has 14 nitrogen and oxygen atoms in total. The molecule has 3 heterocycles. The normalized spacial score (nSPS) is 11.7.